The van der Waals surface area contributed by atoms with E-state index in [2.05, 4.69) is 0 Å². The minimum absolute atomic E-state index is 0.238. The van der Waals surface area contributed by atoms with Gasteiger partial charge in [-0.1, -0.05) is 6.07 Å². The Morgan fingerprint density at radius 2 is 2.56 bits per heavy atom. The average Bonchev–Trinajstić information content (AvgIpc) is 2.89. The highest BCUT2D eigenvalue weighted by molar-refractivity contribution is 7.10. The van der Waals surface area contributed by atoms with Crippen molar-refractivity contribution in [3.8, 4) is 0 Å². The standard InChI is InChI=1S/C12H17NO2S/c1-15-9-10-4-2-6-13(10)12(14)8-11-5-3-7-16-11/h3,5,7,10H,2,4,6,8-9H2,1H3. The van der Waals surface area contributed by atoms with Crippen LogP contribution in [0.15, 0.2) is 17.5 Å². The maximum Gasteiger partial charge on any atom is 0.228 e. The van der Waals surface area contributed by atoms with Crippen LogP contribution in [0.3, 0.4) is 0 Å². The van der Waals surface area contributed by atoms with Gasteiger partial charge in [0.25, 0.3) is 0 Å². The molecule has 1 unspecified atom stereocenters. The van der Waals surface area contributed by atoms with Crippen LogP contribution in [-0.2, 0) is 16.0 Å². The number of nitrogens with zero attached hydrogens (tertiary/aromatic N) is 1. The van der Waals surface area contributed by atoms with E-state index >= 15 is 0 Å². The van der Waals surface area contributed by atoms with Gasteiger partial charge in [0.2, 0.25) is 5.91 Å². The molecule has 1 aromatic rings. The number of likely N-dealkylation sites (tertiary alicyclic amines) is 1. The van der Waals surface area contributed by atoms with Crippen molar-refractivity contribution in [3.63, 3.8) is 0 Å². The van der Waals surface area contributed by atoms with Crippen LogP contribution < -0.4 is 0 Å². The predicted molar refractivity (Wildman–Crippen MR) is 64.6 cm³/mol. The van der Waals surface area contributed by atoms with E-state index in [1.165, 1.54) is 0 Å². The highest BCUT2D eigenvalue weighted by Crippen LogP contribution is 2.19. The fraction of sp³-hybridized carbons (Fsp3) is 0.583. The fourth-order valence-corrected chi connectivity index (χ4v) is 2.89. The molecule has 2 heterocycles. The zero-order valence-electron chi connectivity index (χ0n) is 9.52. The summed E-state index contributed by atoms with van der Waals surface area (Å²) in [6.45, 7) is 1.55. The van der Waals surface area contributed by atoms with E-state index < -0.39 is 0 Å². The third kappa shape index (κ3) is 2.62. The first-order valence-corrected chi connectivity index (χ1v) is 6.50. The second-order valence-corrected chi connectivity index (χ2v) is 5.13. The second kappa shape index (κ2) is 5.46. The van der Waals surface area contributed by atoms with Gasteiger partial charge in [-0.2, -0.15) is 0 Å². The molecule has 1 aliphatic heterocycles. The van der Waals surface area contributed by atoms with Crippen molar-refractivity contribution in [2.75, 3.05) is 20.3 Å². The second-order valence-electron chi connectivity index (χ2n) is 4.09. The summed E-state index contributed by atoms with van der Waals surface area (Å²) < 4.78 is 5.15. The van der Waals surface area contributed by atoms with Crippen molar-refractivity contribution in [1.82, 2.24) is 4.90 Å². The number of carbonyl (C=O) groups excluding carboxylic acids is 1. The molecule has 88 valence electrons. The maximum absolute atomic E-state index is 12.1. The molecule has 1 saturated heterocycles. The number of ether oxygens (including phenoxy) is 1. The van der Waals surface area contributed by atoms with Crippen LogP contribution in [0.2, 0.25) is 0 Å². The maximum atomic E-state index is 12.1. The summed E-state index contributed by atoms with van der Waals surface area (Å²) in [5, 5.41) is 2.01. The number of hydrogen-bond donors (Lipinski definition) is 0. The normalized spacial score (nSPS) is 20.3. The molecular formula is C12H17NO2S. The monoisotopic (exact) mass is 239 g/mol. The van der Waals surface area contributed by atoms with Gasteiger partial charge in [-0.05, 0) is 24.3 Å². The number of rotatable bonds is 4. The van der Waals surface area contributed by atoms with Crippen molar-refractivity contribution in [3.05, 3.63) is 22.4 Å². The highest BCUT2D eigenvalue weighted by atomic mass is 32.1. The van der Waals surface area contributed by atoms with E-state index in [1.54, 1.807) is 18.4 Å². The predicted octanol–water partition coefficient (Wildman–Crippen LogP) is 1.93. The first kappa shape index (κ1) is 11.6. The van der Waals surface area contributed by atoms with Crippen LogP contribution >= 0.6 is 11.3 Å². The Hall–Kier alpha value is -0.870. The van der Waals surface area contributed by atoms with Crippen molar-refractivity contribution in [2.24, 2.45) is 0 Å². The molecule has 2 rings (SSSR count). The van der Waals surface area contributed by atoms with Gasteiger partial charge in [0.05, 0.1) is 19.1 Å². The smallest absolute Gasteiger partial charge is 0.228 e. The van der Waals surface area contributed by atoms with E-state index in [0.717, 1.165) is 24.3 Å². The van der Waals surface area contributed by atoms with Crippen molar-refractivity contribution < 1.29 is 9.53 Å². The Balaban J connectivity index is 1.93. The zero-order chi connectivity index (χ0) is 11.4. The molecule has 0 bridgehead atoms. The third-order valence-corrected chi connectivity index (χ3v) is 3.84. The molecule has 1 aliphatic rings. The molecule has 0 saturated carbocycles. The highest BCUT2D eigenvalue weighted by Gasteiger charge is 2.28. The summed E-state index contributed by atoms with van der Waals surface area (Å²) in [6, 6.07) is 4.30. The van der Waals surface area contributed by atoms with E-state index in [1.807, 2.05) is 22.4 Å². The van der Waals surface area contributed by atoms with E-state index in [9.17, 15) is 4.79 Å². The number of carbonyl (C=O) groups is 1. The van der Waals surface area contributed by atoms with Crippen LogP contribution in [0.5, 0.6) is 0 Å². The van der Waals surface area contributed by atoms with Gasteiger partial charge in [-0.3, -0.25) is 4.79 Å². The number of thiophene rings is 1. The lowest BCUT2D eigenvalue weighted by Crippen LogP contribution is -2.38. The van der Waals surface area contributed by atoms with Gasteiger partial charge in [-0.15, -0.1) is 11.3 Å². The minimum Gasteiger partial charge on any atom is -0.383 e. The Bertz CT molecular complexity index is 337. The van der Waals surface area contributed by atoms with E-state index in [-0.39, 0.29) is 11.9 Å². The molecule has 16 heavy (non-hydrogen) atoms. The molecule has 1 amide bonds. The molecule has 0 spiro atoms. The molecule has 0 radical (unpaired) electrons. The van der Waals surface area contributed by atoms with Crippen molar-refractivity contribution in [1.29, 1.82) is 0 Å². The Morgan fingerprint density at radius 3 is 3.25 bits per heavy atom. The molecule has 0 N–H and O–H groups in total. The molecule has 4 heteroatoms. The van der Waals surface area contributed by atoms with Crippen molar-refractivity contribution in [2.45, 2.75) is 25.3 Å². The molecule has 0 aliphatic carbocycles. The van der Waals surface area contributed by atoms with Crippen molar-refractivity contribution >= 4 is 17.2 Å². The van der Waals surface area contributed by atoms with Gasteiger partial charge < -0.3 is 9.64 Å². The Morgan fingerprint density at radius 1 is 1.69 bits per heavy atom. The third-order valence-electron chi connectivity index (χ3n) is 2.96. The van der Waals surface area contributed by atoms with E-state index in [4.69, 9.17) is 4.74 Å². The number of amides is 1. The van der Waals surface area contributed by atoms with Crippen LogP contribution in [0.25, 0.3) is 0 Å². The fourth-order valence-electron chi connectivity index (χ4n) is 2.19. The van der Waals surface area contributed by atoms with Gasteiger partial charge >= 0.3 is 0 Å². The zero-order valence-corrected chi connectivity index (χ0v) is 10.3. The summed E-state index contributed by atoms with van der Waals surface area (Å²) in [7, 11) is 1.69. The summed E-state index contributed by atoms with van der Waals surface area (Å²) in [6.07, 6.45) is 2.71. The molecule has 1 fully saturated rings. The van der Waals surface area contributed by atoms with Gasteiger partial charge in [0, 0.05) is 18.5 Å². The Kier molecular flexibility index (Phi) is 3.96. The topological polar surface area (TPSA) is 29.5 Å². The number of methoxy groups -OCH3 is 1. The molecular weight excluding hydrogens is 222 g/mol. The summed E-state index contributed by atoms with van der Waals surface area (Å²) >= 11 is 1.65. The lowest BCUT2D eigenvalue weighted by Gasteiger charge is -2.23. The van der Waals surface area contributed by atoms with Crippen LogP contribution in [0.1, 0.15) is 17.7 Å². The molecule has 1 atom stereocenters. The number of hydrogen-bond acceptors (Lipinski definition) is 3. The largest absolute Gasteiger partial charge is 0.383 e. The van der Waals surface area contributed by atoms with E-state index in [0.29, 0.717) is 13.0 Å². The summed E-state index contributed by atoms with van der Waals surface area (Å²) in [5.41, 5.74) is 0. The van der Waals surface area contributed by atoms with Crippen LogP contribution in [-0.4, -0.2) is 37.1 Å². The van der Waals surface area contributed by atoms with Crippen LogP contribution in [0, 0.1) is 0 Å². The molecule has 3 nitrogen and oxygen atoms in total. The Labute approximate surface area is 100 Å². The minimum atomic E-state index is 0.238. The first-order chi connectivity index (χ1) is 7.81. The summed E-state index contributed by atoms with van der Waals surface area (Å²) in [5.74, 6) is 0.238. The van der Waals surface area contributed by atoms with Gasteiger partial charge in [0.15, 0.2) is 0 Å². The summed E-state index contributed by atoms with van der Waals surface area (Å²) in [4.78, 5) is 15.2. The SMILES string of the molecule is COCC1CCCN1C(=O)Cc1cccs1. The van der Waals surface area contributed by atoms with Gasteiger partial charge in [-0.25, -0.2) is 0 Å². The van der Waals surface area contributed by atoms with Crippen LogP contribution in [0.4, 0.5) is 0 Å². The first-order valence-electron chi connectivity index (χ1n) is 5.62. The van der Waals surface area contributed by atoms with Gasteiger partial charge in [0.1, 0.15) is 0 Å². The lowest BCUT2D eigenvalue weighted by molar-refractivity contribution is -0.132. The quantitative estimate of drug-likeness (QED) is 0.803. The average molecular weight is 239 g/mol. The lowest BCUT2D eigenvalue weighted by atomic mass is 10.2. The molecule has 1 aromatic heterocycles. The molecule has 0 aromatic carbocycles.